The van der Waals surface area contributed by atoms with Crippen LogP contribution in [-0.4, -0.2) is 30.1 Å². The van der Waals surface area contributed by atoms with E-state index >= 15 is 0 Å². The van der Waals surface area contributed by atoms with Gasteiger partial charge < -0.3 is 10.4 Å². The van der Waals surface area contributed by atoms with Gasteiger partial charge in [0.25, 0.3) is 0 Å². The molecule has 160 valence electrons. The number of aliphatic hydroxyl groups excluding tert-OH is 1. The third-order valence-corrected chi connectivity index (χ3v) is 6.03. The summed E-state index contributed by atoms with van der Waals surface area (Å²) in [7, 11) is 0. The standard InChI is InChI=1S/C24H48N2O/c1-3-4-5-6-7-8-9-10-11-12-13-14-15-16-17-18-19-22(2)23(27)24-25-20-21-26-24/h22-23,27H,3-21H2,1-2H3,(H,25,26). The number of nitrogens with zero attached hydrogens (tertiary/aromatic N) is 1. The molecule has 0 radical (unpaired) electrons. The minimum atomic E-state index is -0.385. The zero-order valence-corrected chi connectivity index (χ0v) is 18.5. The summed E-state index contributed by atoms with van der Waals surface area (Å²) in [4.78, 5) is 4.34. The van der Waals surface area contributed by atoms with Gasteiger partial charge in [0.15, 0.2) is 0 Å². The Labute approximate surface area is 169 Å². The predicted molar refractivity (Wildman–Crippen MR) is 120 cm³/mol. The maximum absolute atomic E-state index is 10.2. The second-order valence-electron chi connectivity index (χ2n) is 8.71. The number of unbranched alkanes of at least 4 members (excludes halogenated alkanes) is 15. The topological polar surface area (TPSA) is 44.6 Å². The Bertz CT molecular complexity index is 356. The third kappa shape index (κ3) is 13.3. The Hall–Kier alpha value is -0.570. The Morgan fingerprint density at radius 3 is 1.63 bits per heavy atom. The fourth-order valence-corrected chi connectivity index (χ4v) is 4.06. The van der Waals surface area contributed by atoms with E-state index in [1.807, 2.05) is 0 Å². The number of nitrogens with one attached hydrogen (secondary N) is 1. The van der Waals surface area contributed by atoms with Gasteiger partial charge in [0.1, 0.15) is 11.9 Å². The van der Waals surface area contributed by atoms with Crippen LogP contribution in [0.2, 0.25) is 0 Å². The number of rotatable bonds is 19. The minimum absolute atomic E-state index is 0.320. The summed E-state index contributed by atoms with van der Waals surface area (Å²) in [5.41, 5.74) is 0. The highest BCUT2D eigenvalue weighted by molar-refractivity contribution is 5.87. The average Bonchev–Trinajstić information content (AvgIpc) is 3.21. The molecule has 0 saturated heterocycles. The zero-order valence-electron chi connectivity index (χ0n) is 18.5. The van der Waals surface area contributed by atoms with Crippen LogP contribution in [-0.2, 0) is 0 Å². The first kappa shape index (κ1) is 24.5. The molecule has 1 aliphatic rings. The molecular weight excluding hydrogens is 332 g/mol. The van der Waals surface area contributed by atoms with E-state index in [-0.39, 0.29) is 6.10 Å². The van der Waals surface area contributed by atoms with Crippen LogP contribution in [0.4, 0.5) is 0 Å². The minimum Gasteiger partial charge on any atom is -0.385 e. The molecule has 2 N–H and O–H groups in total. The maximum atomic E-state index is 10.2. The van der Waals surface area contributed by atoms with Gasteiger partial charge in [0.2, 0.25) is 0 Å². The molecule has 0 fully saturated rings. The Morgan fingerprint density at radius 1 is 0.778 bits per heavy atom. The SMILES string of the molecule is CCCCCCCCCCCCCCCCCCC(C)C(O)C1=NCCN1. The summed E-state index contributed by atoms with van der Waals surface area (Å²) in [6.07, 6.45) is 23.3. The van der Waals surface area contributed by atoms with Crippen LogP contribution in [0.25, 0.3) is 0 Å². The largest absolute Gasteiger partial charge is 0.385 e. The monoisotopic (exact) mass is 380 g/mol. The van der Waals surface area contributed by atoms with Crippen LogP contribution in [0, 0.1) is 5.92 Å². The van der Waals surface area contributed by atoms with Gasteiger partial charge in [-0.3, -0.25) is 4.99 Å². The molecule has 3 heteroatoms. The van der Waals surface area contributed by atoms with E-state index < -0.39 is 0 Å². The van der Waals surface area contributed by atoms with Crippen molar-refractivity contribution < 1.29 is 5.11 Å². The van der Waals surface area contributed by atoms with Crippen LogP contribution in [0.5, 0.6) is 0 Å². The van der Waals surface area contributed by atoms with Crippen LogP contribution < -0.4 is 5.32 Å². The normalized spacial score (nSPS) is 16.2. The summed E-state index contributed by atoms with van der Waals surface area (Å²) in [5.74, 6) is 1.14. The highest BCUT2D eigenvalue weighted by Crippen LogP contribution is 2.17. The Kier molecular flexibility index (Phi) is 15.9. The van der Waals surface area contributed by atoms with Gasteiger partial charge in [-0.05, 0) is 12.3 Å². The van der Waals surface area contributed by atoms with Crippen molar-refractivity contribution >= 4 is 5.84 Å². The van der Waals surface area contributed by atoms with Crippen molar-refractivity contribution in [2.45, 2.75) is 129 Å². The second-order valence-corrected chi connectivity index (χ2v) is 8.71. The lowest BCUT2D eigenvalue weighted by molar-refractivity contribution is 0.169. The van der Waals surface area contributed by atoms with Crippen LogP contribution in [0.1, 0.15) is 123 Å². The number of hydrogen-bond donors (Lipinski definition) is 2. The Morgan fingerprint density at radius 2 is 1.22 bits per heavy atom. The summed E-state index contributed by atoms with van der Waals surface area (Å²) in [6, 6.07) is 0. The summed E-state index contributed by atoms with van der Waals surface area (Å²) >= 11 is 0. The lowest BCUT2D eigenvalue weighted by atomic mass is 9.96. The molecule has 0 spiro atoms. The molecule has 1 heterocycles. The van der Waals surface area contributed by atoms with Crippen molar-refractivity contribution in [2.75, 3.05) is 13.1 Å². The summed E-state index contributed by atoms with van der Waals surface area (Å²) in [6.45, 7) is 6.15. The van der Waals surface area contributed by atoms with Crippen molar-refractivity contribution in [1.82, 2.24) is 5.32 Å². The van der Waals surface area contributed by atoms with Crippen LogP contribution in [0.15, 0.2) is 4.99 Å². The number of hydrogen-bond acceptors (Lipinski definition) is 3. The average molecular weight is 381 g/mol. The fourth-order valence-electron chi connectivity index (χ4n) is 4.06. The maximum Gasteiger partial charge on any atom is 0.126 e. The first-order valence-corrected chi connectivity index (χ1v) is 12.2. The molecule has 0 bridgehead atoms. The van der Waals surface area contributed by atoms with Gasteiger partial charge >= 0.3 is 0 Å². The van der Waals surface area contributed by atoms with Crippen LogP contribution >= 0.6 is 0 Å². The molecule has 2 unspecified atom stereocenters. The molecule has 0 aliphatic carbocycles. The molecule has 1 aliphatic heterocycles. The molecule has 0 aromatic heterocycles. The highest BCUT2D eigenvalue weighted by Gasteiger charge is 2.21. The van der Waals surface area contributed by atoms with Crippen molar-refractivity contribution in [1.29, 1.82) is 0 Å². The van der Waals surface area contributed by atoms with E-state index in [2.05, 4.69) is 24.2 Å². The van der Waals surface area contributed by atoms with Crippen LogP contribution in [0.3, 0.4) is 0 Å². The predicted octanol–water partition coefficient (Wildman–Crippen LogP) is 6.64. The smallest absolute Gasteiger partial charge is 0.126 e. The molecule has 3 nitrogen and oxygen atoms in total. The molecule has 27 heavy (non-hydrogen) atoms. The highest BCUT2D eigenvalue weighted by atomic mass is 16.3. The summed E-state index contributed by atoms with van der Waals surface area (Å²) in [5, 5.41) is 13.4. The van der Waals surface area contributed by atoms with E-state index in [4.69, 9.17) is 0 Å². The van der Waals surface area contributed by atoms with E-state index in [1.165, 1.54) is 103 Å². The fraction of sp³-hybridized carbons (Fsp3) is 0.958. The van der Waals surface area contributed by atoms with Gasteiger partial charge in [-0.2, -0.15) is 0 Å². The van der Waals surface area contributed by atoms with Crippen molar-refractivity contribution in [3.05, 3.63) is 0 Å². The zero-order chi connectivity index (χ0) is 19.6. The van der Waals surface area contributed by atoms with E-state index in [9.17, 15) is 5.11 Å². The molecule has 0 aromatic rings. The number of aliphatic imine (C=N–C) groups is 1. The molecule has 1 rings (SSSR count). The van der Waals surface area contributed by atoms with Gasteiger partial charge in [0.05, 0.1) is 6.54 Å². The quantitative estimate of drug-likeness (QED) is 0.247. The van der Waals surface area contributed by atoms with E-state index in [0.29, 0.717) is 5.92 Å². The molecule has 0 saturated carbocycles. The lowest BCUT2D eigenvalue weighted by Crippen LogP contribution is -2.35. The first-order chi connectivity index (χ1) is 13.3. The number of amidine groups is 1. The Balaban J connectivity index is 1.76. The third-order valence-electron chi connectivity index (χ3n) is 6.03. The van der Waals surface area contributed by atoms with Crippen molar-refractivity contribution in [3.63, 3.8) is 0 Å². The van der Waals surface area contributed by atoms with Gasteiger partial charge in [-0.1, -0.05) is 117 Å². The first-order valence-electron chi connectivity index (χ1n) is 12.2. The van der Waals surface area contributed by atoms with Gasteiger partial charge in [-0.15, -0.1) is 0 Å². The van der Waals surface area contributed by atoms with Gasteiger partial charge in [-0.25, -0.2) is 0 Å². The number of aliphatic hydroxyl groups is 1. The van der Waals surface area contributed by atoms with Crippen molar-refractivity contribution in [3.8, 4) is 0 Å². The second kappa shape index (κ2) is 17.5. The lowest BCUT2D eigenvalue weighted by Gasteiger charge is -2.19. The van der Waals surface area contributed by atoms with E-state index in [1.54, 1.807) is 0 Å². The van der Waals surface area contributed by atoms with Gasteiger partial charge in [0, 0.05) is 6.54 Å². The molecule has 0 aromatic carbocycles. The molecular formula is C24H48N2O. The summed E-state index contributed by atoms with van der Waals surface area (Å²) < 4.78 is 0. The molecule has 2 atom stereocenters. The van der Waals surface area contributed by atoms with Crippen molar-refractivity contribution in [2.24, 2.45) is 10.9 Å². The molecule has 0 amide bonds. The van der Waals surface area contributed by atoms with E-state index in [0.717, 1.165) is 25.3 Å².